The van der Waals surface area contributed by atoms with Crippen LogP contribution in [0, 0.1) is 13.8 Å². The third kappa shape index (κ3) is 3.47. The monoisotopic (exact) mass is 407 g/mol. The molecule has 0 atom stereocenters. The highest BCUT2D eigenvalue weighted by Gasteiger charge is 2.17. The number of carbonyl (C=O) groups excluding carboxylic acids is 1. The zero-order valence-electron chi connectivity index (χ0n) is 12.5. The van der Waals surface area contributed by atoms with Gasteiger partial charge in [-0.05, 0) is 36.2 Å². The van der Waals surface area contributed by atoms with Gasteiger partial charge in [-0.15, -0.1) is 0 Å². The van der Waals surface area contributed by atoms with E-state index in [-0.39, 0.29) is 5.91 Å². The van der Waals surface area contributed by atoms with E-state index >= 15 is 0 Å². The average Bonchev–Trinajstić information content (AvgIpc) is 2.88. The largest absolute Gasteiger partial charge is 0.351 e. The van der Waals surface area contributed by atoms with Gasteiger partial charge in [0.15, 0.2) is 5.69 Å². The van der Waals surface area contributed by atoms with Crippen LogP contribution in [0.25, 0.3) is 0 Å². The van der Waals surface area contributed by atoms with Gasteiger partial charge in [0.1, 0.15) is 10.2 Å². The Bertz CT molecular complexity index is 710. The average molecular weight is 409 g/mol. The minimum atomic E-state index is -0.212. The molecule has 0 aliphatic rings. The number of hydrogen-bond acceptors (Lipinski definition) is 3. The van der Waals surface area contributed by atoms with E-state index in [2.05, 4.69) is 31.4 Å². The summed E-state index contributed by atoms with van der Waals surface area (Å²) in [6, 6.07) is 0. The summed E-state index contributed by atoms with van der Waals surface area (Å²) in [7, 11) is 1.79. The summed E-state index contributed by atoms with van der Waals surface area (Å²) < 4.78 is 4.00. The molecule has 0 bridgehead atoms. The molecule has 2 aromatic rings. The molecule has 1 N–H and O–H groups in total. The Kier molecular flexibility index (Phi) is 5.52. The summed E-state index contributed by atoms with van der Waals surface area (Å²) in [5.41, 5.74) is 1.98. The van der Waals surface area contributed by atoms with Crippen molar-refractivity contribution in [2.24, 2.45) is 7.05 Å². The minimum absolute atomic E-state index is 0.212. The van der Waals surface area contributed by atoms with Crippen molar-refractivity contribution in [3.05, 3.63) is 31.7 Å². The van der Waals surface area contributed by atoms with Crippen molar-refractivity contribution < 1.29 is 4.79 Å². The van der Waals surface area contributed by atoms with Crippen molar-refractivity contribution in [3.8, 4) is 0 Å². The van der Waals surface area contributed by atoms with Crippen molar-refractivity contribution in [1.29, 1.82) is 0 Å². The van der Waals surface area contributed by atoms with Gasteiger partial charge in [0, 0.05) is 20.1 Å². The molecule has 0 saturated carbocycles. The summed E-state index contributed by atoms with van der Waals surface area (Å²) >= 11 is 15.4. The Morgan fingerprint density at radius 2 is 2.00 bits per heavy atom. The van der Waals surface area contributed by atoms with Gasteiger partial charge in [-0.1, -0.05) is 23.2 Å². The van der Waals surface area contributed by atoms with Crippen LogP contribution >= 0.6 is 39.1 Å². The second-order valence-corrected chi connectivity index (χ2v) is 6.42. The first kappa shape index (κ1) is 17.3. The van der Waals surface area contributed by atoms with Gasteiger partial charge in [-0.3, -0.25) is 14.2 Å². The molecule has 0 aliphatic heterocycles. The topological polar surface area (TPSA) is 64.7 Å². The van der Waals surface area contributed by atoms with Crippen LogP contribution in [0.5, 0.6) is 0 Å². The SMILES string of the molecule is Cc1nn(CCCNC(=O)c2nn(C)c(C)c2Br)c(Cl)c1Cl. The zero-order valence-corrected chi connectivity index (χ0v) is 15.6. The number of nitrogens with zero attached hydrogens (tertiary/aromatic N) is 4. The van der Waals surface area contributed by atoms with Crippen LogP contribution in [0.2, 0.25) is 10.2 Å². The van der Waals surface area contributed by atoms with Gasteiger partial charge >= 0.3 is 0 Å². The predicted molar refractivity (Wildman–Crippen MR) is 89.6 cm³/mol. The molecule has 1 amide bonds. The van der Waals surface area contributed by atoms with Crippen LogP contribution in [0.3, 0.4) is 0 Å². The van der Waals surface area contributed by atoms with Crippen molar-refractivity contribution in [2.45, 2.75) is 26.8 Å². The van der Waals surface area contributed by atoms with Crippen LogP contribution in [0.4, 0.5) is 0 Å². The first-order valence-corrected chi connectivity index (χ1v) is 8.23. The number of hydrogen-bond donors (Lipinski definition) is 1. The third-order valence-corrected chi connectivity index (χ3v) is 5.19. The first-order valence-electron chi connectivity index (χ1n) is 6.68. The molecule has 9 heteroatoms. The van der Waals surface area contributed by atoms with Crippen LogP contribution < -0.4 is 5.32 Å². The predicted octanol–water partition coefficient (Wildman–Crippen LogP) is 3.12. The number of aryl methyl sites for hydroxylation is 3. The maximum Gasteiger partial charge on any atom is 0.272 e. The fourth-order valence-electron chi connectivity index (χ4n) is 1.92. The number of aromatic nitrogens is 4. The van der Waals surface area contributed by atoms with Crippen LogP contribution in [-0.4, -0.2) is 32.0 Å². The molecule has 2 rings (SSSR count). The van der Waals surface area contributed by atoms with Gasteiger partial charge in [-0.25, -0.2) is 0 Å². The summed E-state index contributed by atoms with van der Waals surface area (Å²) in [6.07, 6.45) is 0.687. The lowest BCUT2D eigenvalue weighted by Gasteiger charge is -2.05. The number of amides is 1. The van der Waals surface area contributed by atoms with Gasteiger partial charge in [0.2, 0.25) is 0 Å². The molecule has 120 valence electrons. The fourth-order valence-corrected chi connectivity index (χ4v) is 2.83. The Balaban J connectivity index is 1.87. The van der Waals surface area contributed by atoms with Crippen molar-refractivity contribution in [3.63, 3.8) is 0 Å². The quantitative estimate of drug-likeness (QED) is 0.773. The molecule has 2 heterocycles. The molecule has 0 aliphatic carbocycles. The Morgan fingerprint density at radius 1 is 1.32 bits per heavy atom. The molecule has 6 nitrogen and oxygen atoms in total. The molecule has 0 spiro atoms. The third-order valence-electron chi connectivity index (χ3n) is 3.30. The maximum absolute atomic E-state index is 12.1. The van der Waals surface area contributed by atoms with E-state index in [1.807, 2.05) is 6.92 Å². The molecular formula is C13H16BrCl2N5O. The fraction of sp³-hybridized carbons (Fsp3) is 0.462. The summed E-state index contributed by atoms with van der Waals surface area (Å²) in [6.45, 7) is 4.76. The van der Waals surface area contributed by atoms with E-state index < -0.39 is 0 Å². The number of halogens is 3. The Morgan fingerprint density at radius 3 is 2.50 bits per heavy atom. The van der Waals surface area contributed by atoms with Crippen molar-refractivity contribution in [2.75, 3.05) is 6.54 Å². The zero-order chi connectivity index (χ0) is 16.4. The van der Waals surface area contributed by atoms with E-state index in [4.69, 9.17) is 23.2 Å². The number of nitrogens with one attached hydrogen (secondary N) is 1. The molecule has 22 heavy (non-hydrogen) atoms. The standard InChI is InChI=1S/C13H16BrCl2N5O/c1-7-10(15)12(16)21(18-7)6-4-5-17-13(22)11-9(14)8(2)20(3)19-11/h4-6H2,1-3H3,(H,17,22). The van der Waals surface area contributed by atoms with E-state index in [9.17, 15) is 4.79 Å². The van der Waals surface area contributed by atoms with Gasteiger partial charge in [0.05, 0.1) is 15.9 Å². The second-order valence-electron chi connectivity index (χ2n) is 4.89. The highest BCUT2D eigenvalue weighted by molar-refractivity contribution is 9.10. The maximum atomic E-state index is 12.1. The second kappa shape index (κ2) is 7.02. The van der Waals surface area contributed by atoms with Crippen LogP contribution in [0.15, 0.2) is 4.47 Å². The smallest absolute Gasteiger partial charge is 0.272 e. The molecular weight excluding hydrogens is 393 g/mol. The normalized spacial score (nSPS) is 11.0. The van der Waals surface area contributed by atoms with E-state index in [1.165, 1.54) is 0 Å². The minimum Gasteiger partial charge on any atom is -0.351 e. The van der Waals surface area contributed by atoms with E-state index in [1.54, 1.807) is 23.3 Å². The summed E-state index contributed by atoms with van der Waals surface area (Å²) in [5.74, 6) is -0.212. The summed E-state index contributed by atoms with van der Waals surface area (Å²) in [4.78, 5) is 12.1. The lowest BCUT2D eigenvalue weighted by Crippen LogP contribution is -2.26. The highest BCUT2D eigenvalue weighted by atomic mass is 79.9. The van der Waals surface area contributed by atoms with Crippen LogP contribution in [0.1, 0.15) is 28.3 Å². The van der Waals surface area contributed by atoms with Crippen molar-refractivity contribution in [1.82, 2.24) is 24.9 Å². The summed E-state index contributed by atoms with van der Waals surface area (Å²) in [5, 5.41) is 12.1. The Hall–Kier alpha value is -1.05. The van der Waals surface area contributed by atoms with Crippen molar-refractivity contribution >= 4 is 45.0 Å². The molecule has 0 saturated heterocycles. The molecule has 0 unspecified atom stereocenters. The van der Waals surface area contributed by atoms with Gasteiger partial charge in [0.25, 0.3) is 5.91 Å². The molecule has 0 aromatic carbocycles. The van der Waals surface area contributed by atoms with Gasteiger partial charge in [-0.2, -0.15) is 10.2 Å². The Labute approximate surface area is 146 Å². The number of carbonyl (C=O) groups is 1. The van der Waals surface area contributed by atoms with E-state index in [0.717, 1.165) is 5.69 Å². The first-order chi connectivity index (χ1) is 10.3. The lowest BCUT2D eigenvalue weighted by molar-refractivity contribution is 0.0946. The molecule has 2 aromatic heterocycles. The van der Waals surface area contributed by atoms with E-state index in [0.29, 0.717) is 45.5 Å². The molecule has 0 fully saturated rings. The van der Waals surface area contributed by atoms with Gasteiger partial charge < -0.3 is 5.32 Å². The van der Waals surface area contributed by atoms with Crippen LogP contribution in [-0.2, 0) is 13.6 Å². The highest BCUT2D eigenvalue weighted by Crippen LogP contribution is 2.25. The lowest BCUT2D eigenvalue weighted by atomic mass is 10.3. The number of rotatable bonds is 5. The molecule has 0 radical (unpaired) electrons.